The van der Waals surface area contributed by atoms with Crippen LogP contribution in [0.2, 0.25) is 0 Å². The summed E-state index contributed by atoms with van der Waals surface area (Å²) in [6.45, 7) is 2.74. The number of nitrogens with zero attached hydrogens (tertiary/aromatic N) is 5. The number of aliphatic hydroxyl groups excluding tert-OH is 1. The molecule has 2 aliphatic rings. The fraction of sp³-hybridized carbons (Fsp3) is 0.381. The first-order valence-corrected chi connectivity index (χ1v) is 10.7. The number of aliphatic hydroxyl groups is 1. The van der Waals surface area contributed by atoms with Crippen molar-refractivity contribution in [2.24, 2.45) is 0 Å². The van der Waals surface area contributed by atoms with Gasteiger partial charge in [0.15, 0.2) is 11.3 Å². The maximum absolute atomic E-state index is 12.9. The maximum Gasteiger partial charge on any atom is 0.274 e. The molecule has 2 aromatic heterocycles. The minimum Gasteiger partial charge on any atom is -0.390 e. The summed E-state index contributed by atoms with van der Waals surface area (Å²) >= 11 is 3.36. The van der Waals surface area contributed by atoms with E-state index in [2.05, 4.69) is 55.2 Å². The Kier molecular flexibility index (Phi) is 4.85. The third-order valence-corrected chi connectivity index (χ3v) is 6.37. The summed E-state index contributed by atoms with van der Waals surface area (Å²) in [4.78, 5) is 21.3. The van der Waals surface area contributed by atoms with Crippen LogP contribution in [-0.4, -0.2) is 67.2 Å². The molecule has 1 aromatic carbocycles. The molecule has 1 fully saturated rings. The number of rotatable bonds is 2. The molecule has 0 bridgehead atoms. The molecular formula is C21H22BrN5O2. The lowest BCUT2D eigenvalue weighted by molar-refractivity contribution is -0.0139. The number of piperidine rings is 1. The number of amides is 1. The molecule has 1 amide bonds. The number of likely N-dealkylation sites (tertiary alicyclic amines) is 1. The second-order valence-electron chi connectivity index (χ2n) is 7.77. The average molecular weight is 456 g/mol. The van der Waals surface area contributed by atoms with Gasteiger partial charge in [0.05, 0.1) is 10.6 Å². The summed E-state index contributed by atoms with van der Waals surface area (Å²) in [7, 11) is 0. The molecule has 150 valence electrons. The van der Waals surface area contributed by atoms with Crippen molar-refractivity contribution < 1.29 is 9.90 Å². The molecule has 0 saturated carbocycles. The van der Waals surface area contributed by atoms with Crippen LogP contribution in [0.5, 0.6) is 0 Å². The maximum atomic E-state index is 12.9. The van der Waals surface area contributed by atoms with E-state index in [9.17, 15) is 9.90 Å². The van der Waals surface area contributed by atoms with Crippen LogP contribution in [0.25, 0.3) is 5.65 Å². The van der Waals surface area contributed by atoms with E-state index in [0.29, 0.717) is 24.4 Å². The first-order chi connectivity index (χ1) is 14.1. The summed E-state index contributed by atoms with van der Waals surface area (Å²) in [6.07, 6.45) is 4.64. The largest absolute Gasteiger partial charge is 0.390 e. The van der Waals surface area contributed by atoms with Crippen LogP contribution in [0.3, 0.4) is 0 Å². The number of β-amino-alcohol motifs (C(OH)–C–C–N with tert-alkyl or cyclic N) is 1. The van der Waals surface area contributed by atoms with Crippen LogP contribution in [-0.2, 0) is 13.0 Å². The number of halogens is 1. The minimum atomic E-state index is -0.567. The van der Waals surface area contributed by atoms with Gasteiger partial charge in [-0.25, -0.2) is 9.50 Å². The highest BCUT2D eigenvalue weighted by Crippen LogP contribution is 2.26. The molecule has 2 aliphatic heterocycles. The summed E-state index contributed by atoms with van der Waals surface area (Å²) in [5, 5.41) is 15.2. The molecule has 3 aromatic rings. The van der Waals surface area contributed by atoms with Gasteiger partial charge in [0.1, 0.15) is 0 Å². The molecule has 2 atom stereocenters. The van der Waals surface area contributed by atoms with Crippen molar-refractivity contribution in [3.05, 3.63) is 64.0 Å². The second kappa shape index (κ2) is 7.51. The summed E-state index contributed by atoms with van der Waals surface area (Å²) in [5.74, 6) is -0.159. The predicted octanol–water partition coefficient (Wildman–Crippen LogP) is 2.13. The molecule has 4 heterocycles. The van der Waals surface area contributed by atoms with Crippen LogP contribution in [0.15, 0.2) is 47.2 Å². The average Bonchev–Trinajstić information content (AvgIpc) is 3.16. The fourth-order valence-electron chi connectivity index (χ4n) is 4.45. The normalized spacial score (nSPS) is 22.6. The summed E-state index contributed by atoms with van der Waals surface area (Å²) in [6, 6.07) is 10.3. The van der Waals surface area contributed by atoms with E-state index in [1.54, 1.807) is 27.9 Å². The number of benzene rings is 1. The first kappa shape index (κ1) is 18.7. The van der Waals surface area contributed by atoms with Gasteiger partial charge < -0.3 is 10.0 Å². The molecule has 1 saturated heterocycles. The Bertz CT molecular complexity index is 1070. The SMILES string of the molecule is O=C(c1cc2ncc(Br)cn2n1)N1CC[C@H](N2CCc3ccccc3C2)[C@@H](O)C1. The molecule has 0 unspecified atom stereocenters. The zero-order chi connectivity index (χ0) is 20.0. The third kappa shape index (κ3) is 3.56. The Labute approximate surface area is 177 Å². The third-order valence-electron chi connectivity index (χ3n) is 5.96. The molecule has 0 spiro atoms. The van der Waals surface area contributed by atoms with Gasteiger partial charge in [-0.1, -0.05) is 24.3 Å². The zero-order valence-electron chi connectivity index (χ0n) is 15.9. The minimum absolute atomic E-state index is 0.0751. The van der Waals surface area contributed by atoms with Gasteiger partial charge in [0.25, 0.3) is 5.91 Å². The predicted molar refractivity (Wildman–Crippen MR) is 112 cm³/mol. The van der Waals surface area contributed by atoms with E-state index in [1.807, 2.05) is 0 Å². The van der Waals surface area contributed by atoms with Crippen LogP contribution in [0, 0.1) is 0 Å². The summed E-state index contributed by atoms with van der Waals surface area (Å²) < 4.78 is 2.39. The van der Waals surface area contributed by atoms with Crippen molar-refractivity contribution >= 4 is 27.5 Å². The Hall–Kier alpha value is -2.29. The van der Waals surface area contributed by atoms with Gasteiger partial charge in [-0.2, -0.15) is 5.10 Å². The second-order valence-corrected chi connectivity index (χ2v) is 8.68. The molecule has 29 heavy (non-hydrogen) atoms. The van der Waals surface area contributed by atoms with E-state index < -0.39 is 6.10 Å². The van der Waals surface area contributed by atoms with Gasteiger partial charge in [-0.15, -0.1) is 0 Å². The smallest absolute Gasteiger partial charge is 0.274 e. The Morgan fingerprint density at radius 2 is 2.03 bits per heavy atom. The molecule has 8 heteroatoms. The van der Waals surface area contributed by atoms with E-state index in [1.165, 1.54) is 11.1 Å². The van der Waals surface area contributed by atoms with E-state index in [4.69, 9.17) is 0 Å². The van der Waals surface area contributed by atoms with Gasteiger partial charge in [0, 0.05) is 50.7 Å². The number of carbonyl (C=O) groups excluding carboxylic acids is 1. The number of hydrogen-bond acceptors (Lipinski definition) is 5. The van der Waals surface area contributed by atoms with Crippen molar-refractivity contribution in [3.63, 3.8) is 0 Å². The van der Waals surface area contributed by atoms with Crippen LogP contribution < -0.4 is 0 Å². The highest BCUT2D eigenvalue weighted by molar-refractivity contribution is 9.10. The number of fused-ring (bicyclic) bond motifs is 2. The van der Waals surface area contributed by atoms with Gasteiger partial charge in [-0.3, -0.25) is 9.69 Å². The molecule has 0 aliphatic carbocycles. The van der Waals surface area contributed by atoms with E-state index in [0.717, 1.165) is 30.4 Å². The van der Waals surface area contributed by atoms with Crippen molar-refractivity contribution in [3.8, 4) is 0 Å². The van der Waals surface area contributed by atoms with Crippen LogP contribution >= 0.6 is 15.9 Å². The molecule has 1 N–H and O–H groups in total. The molecule has 5 rings (SSSR count). The lowest BCUT2D eigenvalue weighted by Gasteiger charge is -2.43. The molecule has 7 nitrogen and oxygen atoms in total. The first-order valence-electron chi connectivity index (χ1n) is 9.87. The fourth-order valence-corrected chi connectivity index (χ4v) is 4.75. The van der Waals surface area contributed by atoms with Gasteiger partial charge in [-0.05, 0) is 39.9 Å². The van der Waals surface area contributed by atoms with Crippen molar-refractivity contribution in [1.29, 1.82) is 0 Å². The Morgan fingerprint density at radius 1 is 1.21 bits per heavy atom. The monoisotopic (exact) mass is 455 g/mol. The van der Waals surface area contributed by atoms with Gasteiger partial charge in [0.2, 0.25) is 0 Å². The number of hydrogen-bond donors (Lipinski definition) is 1. The van der Waals surface area contributed by atoms with Crippen molar-refractivity contribution in [1.82, 2.24) is 24.4 Å². The lowest BCUT2D eigenvalue weighted by atomic mass is 9.94. The van der Waals surface area contributed by atoms with Crippen LogP contribution in [0.1, 0.15) is 28.0 Å². The lowest BCUT2D eigenvalue weighted by Crippen LogP contribution is -2.56. The number of carbonyl (C=O) groups is 1. The number of aromatic nitrogens is 3. The molecular weight excluding hydrogens is 434 g/mol. The van der Waals surface area contributed by atoms with E-state index in [-0.39, 0.29) is 11.9 Å². The highest BCUT2D eigenvalue weighted by atomic mass is 79.9. The standard InChI is InChI=1S/C21H22BrN5O2/c22-16-10-23-20-9-17(24-27(20)12-16)21(29)26-8-6-18(19(28)13-26)25-7-5-14-3-1-2-4-15(14)11-25/h1-4,9-10,12,18-19,28H,5-8,11,13H2/t18-,19-/m0/s1. The highest BCUT2D eigenvalue weighted by Gasteiger charge is 2.35. The summed E-state index contributed by atoms with van der Waals surface area (Å²) in [5.41, 5.74) is 3.72. The van der Waals surface area contributed by atoms with Crippen LogP contribution in [0.4, 0.5) is 0 Å². The topological polar surface area (TPSA) is 74.0 Å². The quantitative estimate of drug-likeness (QED) is 0.640. The van der Waals surface area contributed by atoms with Crippen molar-refractivity contribution in [2.45, 2.75) is 31.5 Å². The van der Waals surface area contributed by atoms with Gasteiger partial charge >= 0.3 is 0 Å². The Balaban J connectivity index is 1.27. The zero-order valence-corrected chi connectivity index (χ0v) is 17.5. The Morgan fingerprint density at radius 3 is 2.86 bits per heavy atom. The van der Waals surface area contributed by atoms with Crippen molar-refractivity contribution in [2.75, 3.05) is 19.6 Å². The van der Waals surface area contributed by atoms with E-state index >= 15 is 0 Å². The molecule has 0 radical (unpaired) electrons.